The molecule has 0 aliphatic carbocycles. The Morgan fingerprint density at radius 3 is 3.10 bits per heavy atom. The largest absolute Gasteiger partial charge is 0.302 e. The van der Waals surface area contributed by atoms with Gasteiger partial charge in [0.2, 0.25) is 0 Å². The van der Waals surface area contributed by atoms with Crippen LogP contribution in [0, 0.1) is 6.92 Å². The van der Waals surface area contributed by atoms with Gasteiger partial charge in [0.05, 0.1) is 5.01 Å². The molecule has 106 valence electrons. The Labute approximate surface area is 124 Å². The number of hydrogen-bond donors (Lipinski definition) is 0. The van der Waals surface area contributed by atoms with E-state index in [0.717, 1.165) is 25.2 Å². The second-order valence-electron chi connectivity index (χ2n) is 5.54. The Kier molecular flexibility index (Phi) is 4.43. The molecule has 1 saturated heterocycles. The molecule has 1 aliphatic rings. The lowest BCUT2D eigenvalue weighted by Gasteiger charge is -2.31. The van der Waals surface area contributed by atoms with Crippen LogP contribution in [0.1, 0.15) is 35.2 Å². The van der Waals surface area contributed by atoms with Crippen LogP contribution >= 0.6 is 11.3 Å². The molecule has 0 bridgehead atoms. The molecule has 0 spiro atoms. The van der Waals surface area contributed by atoms with E-state index >= 15 is 0 Å². The van der Waals surface area contributed by atoms with E-state index in [1.807, 2.05) is 23.6 Å². The number of piperidine rings is 1. The molecular formula is C16H21N3S. The predicted molar refractivity (Wildman–Crippen MR) is 83.2 cm³/mol. The minimum Gasteiger partial charge on any atom is -0.302 e. The van der Waals surface area contributed by atoms with Crippen molar-refractivity contribution in [3.8, 4) is 0 Å². The second-order valence-corrected chi connectivity index (χ2v) is 6.43. The zero-order chi connectivity index (χ0) is 13.8. The van der Waals surface area contributed by atoms with Gasteiger partial charge in [-0.1, -0.05) is 6.07 Å². The first-order valence-corrected chi connectivity index (χ1v) is 8.23. The van der Waals surface area contributed by atoms with Crippen molar-refractivity contribution in [2.24, 2.45) is 0 Å². The van der Waals surface area contributed by atoms with Gasteiger partial charge in [0.25, 0.3) is 0 Å². The minimum atomic E-state index is 0.631. The quantitative estimate of drug-likeness (QED) is 0.864. The molecule has 3 heterocycles. The van der Waals surface area contributed by atoms with E-state index in [0.29, 0.717) is 5.92 Å². The van der Waals surface area contributed by atoms with Gasteiger partial charge in [-0.3, -0.25) is 4.98 Å². The molecule has 1 fully saturated rings. The SMILES string of the molecule is Cc1csc([C@@H]2CCCN(CCc3ccccn3)C2)n1. The summed E-state index contributed by atoms with van der Waals surface area (Å²) in [7, 11) is 0. The van der Waals surface area contributed by atoms with Crippen LogP contribution in [0.4, 0.5) is 0 Å². The van der Waals surface area contributed by atoms with Crippen LogP contribution in [-0.4, -0.2) is 34.5 Å². The van der Waals surface area contributed by atoms with Crippen LogP contribution in [0.2, 0.25) is 0 Å². The Bertz CT molecular complexity index is 538. The number of thiazole rings is 1. The topological polar surface area (TPSA) is 29.0 Å². The normalized spacial score (nSPS) is 20.1. The number of rotatable bonds is 4. The molecule has 0 saturated carbocycles. The molecular weight excluding hydrogens is 266 g/mol. The third-order valence-electron chi connectivity index (χ3n) is 3.90. The van der Waals surface area contributed by atoms with E-state index in [4.69, 9.17) is 0 Å². The highest BCUT2D eigenvalue weighted by molar-refractivity contribution is 7.09. The smallest absolute Gasteiger partial charge is 0.0971 e. The molecule has 3 nitrogen and oxygen atoms in total. The third kappa shape index (κ3) is 3.44. The van der Waals surface area contributed by atoms with Gasteiger partial charge in [-0.25, -0.2) is 4.98 Å². The monoisotopic (exact) mass is 287 g/mol. The maximum atomic E-state index is 4.67. The van der Waals surface area contributed by atoms with Crippen LogP contribution in [0.25, 0.3) is 0 Å². The van der Waals surface area contributed by atoms with E-state index in [-0.39, 0.29) is 0 Å². The molecule has 1 aliphatic heterocycles. The molecule has 4 heteroatoms. The van der Waals surface area contributed by atoms with Crippen LogP contribution in [0.3, 0.4) is 0 Å². The number of pyridine rings is 1. The summed E-state index contributed by atoms with van der Waals surface area (Å²) in [5.41, 5.74) is 2.36. The van der Waals surface area contributed by atoms with Crippen molar-refractivity contribution in [2.45, 2.75) is 32.1 Å². The Morgan fingerprint density at radius 2 is 2.35 bits per heavy atom. The Hall–Kier alpha value is -1.26. The molecule has 0 unspecified atom stereocenters. The molecule has 2 aromatic heterocycles. The van der Waals surface area contributed by atoms with Crippen molar-refractivity contribution in [2.75, 3.05) is 19.6 Å². The van der Waals surface area contributed by atoms with Crippen LogP contribution < -0.4 is 0 Å². The minimum absolute atomic E-state index is 0.631. The standard InChI is InChI=1S/C16H21N3S/c1-13-12-20-16(18-13)14-5-4-9-19(11-14)10-7-15-6-2-3-8-17-15/h2-3,6,8,12,14H,4-5,7,9-11H2,1H3/t14-/m1/s1. The van der Waals surface area contributed by atoms with Crippen molar-refractivity contribution in [3.05, 3.63) is 46.2 Å². The second kappa shape index (κ2) is 6.46. The van der Waals surface area contributed by atoms with Crippen LogP contribution in [0.5, 0.6) is 0 Å². The van der Waals surface area contributed by atoms with Gasteiger partial charge < -0.3 is 4.90 Å². The van der Waals surface area contributed by atoms with Gasteiger partial charge in [0, 0.05) is 48.4 Å². The maximum absolute atomic E-state index is 4.67. The molecule has 20 heavy (non-hydrogen) atoms. The number of hydrogen-bond acceptors (Lipinski definition) is 4. The Morgan fingerprint density at radius 1 is 1.40 bits per heavy atom. The van der Waals surface area contributed by atoms with E-state index in [1.54, 1.807) is 0 Å². The summed E-state index contributed by atoms with van der Waals surface area (Å²) >= 11 is 1.82. The lowest BCUT2D eigenvalue weighted by atomic mass is 9.98. The molecule has 0 radical (unpaired) electrons. The van der Waals surface area contributed by atoms with Gasteiger partial charge in [0.1, 0.15) is 0 Å². The summed E-state index contributed by atoms with van der Waals surface area (Å²) in [5, 5.41) is 3.49. The molecule has 0 N–H and O–H groups in total. The van der Waals surface area contributed by atoms with E-state index in [2.05, 4.69) is 39.3 Å². The van der Waals surface area contributed by atoms with Crippen molar-refractivity contribution < 1.29 is 0 Å². The van der Waals surface area contributed by atoms with E-state index < -0.39 is 0 Å². The van der Waals surface area contributed by atoms with E-state index in [1.165, 1.54) is 30.1 Å². The van der Waals surface area contributed by atoms with Crippen molar-refractivity contribution in [3.63, 3.8) is 0 Å². The zero-order valence-electron chi connectivity index (χ0n) is 12.0. The first kappa shape index (κ1) is 13.7. The van der Waals surface area contributed by atoms with Crippen molar-refractivity contribution >= 4 is 11.3 Å². The number of aromatic nitrogens is 2. The fraction of sp³-hybridized carbons (Fsp3) is 0.500. The lowest BCUT2D eigenvalue weighted by molar-refractivity contribution is 0.209. The highest BCUT2D eigenvalue weighted by Gasteiger charge is 2.23. The summed E-state index contributed by atoms with van der Waals surface area (Å²) in [6.45, 7) is 5.56. The summed E-state index contributed by atoms with van der Waals surface area (Å²) in [6, 6.07) is 6.16. The van der Waals surface area contributed by atoms with Crippen molar-refractivity contribution in [1.29, 1.82) is 0 Å². The van der Waals surface area contributed by atoms with Gasteiger partial charge >= 0.3 is 0 Å². The van der Waals surface area contributed by atoms with Crippen LogP contribution in [0.15, 0.2) is 29.8 Å². The lowest BCUT2D eigenvalue weighted by Crippen LogP contribution is -2.35. The fourth-order valence-corrected chi connectivity index (χ4v) is 3.76. The summed E-state index contributed by atoms with van der Waals surface area (Å²) in [6.07, 6.45) is 5.50. The van der Waals surface area contributed by atoms with Gasteiger partial charge in [-0.15, -0.1) is 11.3 Å². The number of aryl methyl sites for hydroxylation is 1. The summed E-state index contributed by atoms with van der Waals surface area (Å²) < 4.78 is 0. The average molecular weight is 287 g/mol. The highest BCUT2D eigenvalue weighted by atomic mass is 32.1. The summed E-state index contributed by atoms with van der Waals surface area (Å²) in [4.78, 5) is 11.6. The first-order valence-electron chi connectivity index (χ1n) is 7.35. The van der Waals surface area contributed by atoms with Crippen molar-refractivity contribution in [1.82, 2.24) is 14.9 Å². The van der Waals surface area contributed by atoms with Gasteiger partial charge in [-0.2, -0.15) is 0 Å². The van der Waals surface area contributed by atoms with Gasteiger partial charge in [-0.05, 0) is 38.4 Å². The zero-order valence-corrected chi connectivity index (χ0v) is 12.8. The number of likely N-dealkylation sites (tertiary alicyclic amines) is 1. The fourth-order valence-electron chi connectivity index (χ4n) is 2.84. The van der Waals surface area contributed by atoms with Gasteiger partial charge in [0.15, 0.2) is 0 Å². The predicted octanol–water partition coefficient (Wildman–Crippen LogP) is 3.27. The third-order valence-corrected chi connectivity index (χ3v) is 5.03. The molecule has 3 rings (SSSR count). The highest BCUT2D eigenvalue weighted by Crippen LogP contribution is 2.29. The molecule has 2 aromatic rings. The maximum Gasteiger partial charge on any atom is 0.0971 e. The first-order chi connectivity index (χ1) is 9.81. The molecule has 0 aromatic carbocycles. The molecule has 1 atom stereocenters. The average Bonchev–Trinajstić information content (AvgIpc) is 2.93. The molecule has 0 amide bonds. The van der Waals surface area contributed by atoms with E-state index in [9.17, 15) is 0 Å². The Balaban J connectivity index is 1.55. The van der Waals surface area contributed by atoms with Crippen LogP contribution in [-0.2, 0) is 6.42 Å². The summed E-state index contributed by atoms with van der Waals surface area (Å²) in [5.74, 6) is 0.631. The number of nitrogens with zero attached hydrogens (tertiary/aromatic N) is 3.